The maximum absolute atomic E-state index is 12.5. The Bertz CT molecular complexity index is 1260. The average molecular weight is 500 g/mol. The average Bonchev–Trinajstić information content (AvgIpc) is 3.13. The van der Waals surface area contributed by atoms with Crippen LogP contribution in [0.2, 0.25) is 5.02 Å². The summed E-state index contributed by atoms with van der Waals surface area (Å²) in [6.07, 6.45) is 1.47. The molecule has 0 spiro atoms. The molecule has 0 saturated carbocycles. The van der Waals surface area contributed by atoms with E-state index in [9.17, 15) is 14.9 Å². The predicted molar refractivity (Wildman–Crippen MR) is 132 cm³/mol. The van der Waals surface area contributed by atoms with Crippen molar-refractivity contribution in [3.63, 3.8) is 0 Å². The summed E-state index contributed by atoms with van der Waals surface area (Å²) < 4.78 is 12.9. The van der Waals surface area contributed by atoms with Gasteiger partial charge in [0.2, 0.25) is 0 Å². The summed E-state index contributed by atoms with van der Waals surface area (Å²) in [5.74, 6) is 0.609. The summed E-state index contributed by atoms with van der Waals surface area (Å²) in [7, 11) is 0. The van der Waals surface area contributed by atoms with Crippen molar-refractivity contribution >= 4 is 29.4 Å². The molecule has 2 aromatic carbocycles. The third-order valence-corrected chi connectivity index (χ3v) is 5.58. The van der Waals surface area contributed by atoms with Gasteiger partial charge in [-0.05, 0) is 57.5 Å². The van der Waals surface area contributed by atoms with Gasteiger partial charge in [-0.25, -0.2) is 5.43 Å². The number of aromatic nitrogens is 2. The number of carbonyl (C=O) groups excluding carboxylic acids is 1. The largest absolute Gasteiger partial charge is 0.490 e. The lowest BCUT2D eigenvalue weighted by Gasteiger charge is -2.13. The molecule has 1 aromatic heterocycles. The molecular formula is C24H26ClN5O5. The molecule has 0 bridgehead atoms. The Balaban J connectivity index is 1.67. The van der Waals surface area contributed by atoms with Crippen molar-refractivity contribution in [2.45, 2.75) is 40.3 Å². The van der Waals surface area contributed by atoms with Gasteiger partial charge in [0.05, 0.1) is 17.7 Å². The van der Waals surface area contributed by atoms with E-state index in [1.807, 2.05) is 25.1 Å². The molecule has 0 aliphatic heterocycles. The molecule has 1 unspecified atom stereocenters. The standard InChI is InChI=1S/C24H26ClN5O5/c1-5-34-22-12-18(10-11-21(22)35-14-19-8-6-7-9-20(19)25)13-26-27-24(31)17(4)29-16(3)23(30(32)33)15(2)28-29/h6-13,17H,5,14H2,1-4H3,(H,27,31)/b26-13+. The van der Waals surface area contributed by atoms with Gasteiger partial charge in [0.15, 0.2) is 11.5 Å². The zero-order chi connectivity index (χ0) is 25.5. The molecule has 3 aromatic rings. The summed E-state index contributed by atoms with van der Waals surface area (Å²) in [4.78, 5) is 23.2. The third-order valence-electron chi connectivity index (χ3n) is 5.21. The quantitative estimate of drug-likeness (QED) is 0.244. The van der Waals surface area contributed by atoms with Crippen LogP contribution < -0.4 is 14.9 Å². The monoisotopic (exact) mass is 499 g/mol. The maximum Gasteiger partial charge on any atom is 0.312 e. The van der Waals surface area contributed by atoms with E-state index in [-0.39, 0.29) is 18.0 Å². The first-order chi connectivity index (χ1) is 16.7. The molecule has 1 N–H and O–H groups in total. The van der Waals surface area contributed by atoms with Gasteiger partial charge < -0.3 is 9.47 Å². The second-order valence-electron chi connectivity index (χ2n) is 7.65. The lowest BCUT2D eigenvalue weighted by Crippen LogP contribution is -2.28. The van der Waals surface area contributed by atoms with Crippen LogP contribution in [0.1, 0.15) is 42.4 Å². The lowest BCUT2D eigenvalue weighted by atomic mass is 10.2. The summed E-state index contributed by atoms with van der Waals surface area (Å²) in [5, 5.41) is 20.0. The normalized spacial score (nSPS) is 11.9. The Morgan fingerprint density at radius 2 is 2.00 bits per heavy atom. The highest BCUT2D eigenvalue weighted by molar-refractivity contribution is 6.31. The number of nitro groups is 1. The van der Waals surface area contributed by atoms with Crippen LogP contribution in [0.5, 0.6) is 11.5 Å². The molecular weight excluding hydrogens is 474 g/mol. The number of amides is 1. The number of hydrogen-bond acceptors (Lipinski definition) is 7. The third kappa shape index (κ3) is 6.15. The number of nitrogens with zero attached hydrogens (tertiary/aromatic N) is 4. The molecule has 10 nitrogen and oxygen atoms in total. The van der Waals surface area contributed by atoms with Crippen LogP contribution in [0.15, 0.2) is 47.6 Å². The molecule has 1 atom stereocenters. The first kappa shape index (κ1) is 25.7. The van der Waals surface area contributed by atoms with E-state index in [1.54, 1.807) is 38.1 Å². The van der Waals surface area contributed by atoms with Crippen LogP contribution in [-0.2, 0) is 11.4 Å². The van der Waals surface area contributed by atoms with E-state index in [4.69, 9.17) is 21.1 Å². The van der Waals surface area contributed by atoms with Crippen molar-refractivity contribution in [1.29, 1.82) is 0 Å². The number of hydrogen-bond donors (Lipinski definition) is 1. The van der Waals surface area contributed by atoms with E-state index in [1.165, 1.54) is 17.8 Å². The Kier molecular flexibility index (Phi) is 8.43. The van der Waals surface area contributed by atoms with E-state index in [2.05, 4.69) is 15.6 Å². The molecule has 1 heterocycles. The highest BCUT2D eigenvalue weighted by Crippen LogP contribution is 2.30. The Morgan fingerprint density at radius 1 is 1.26 bits per heavy atom. The van der Waals surface area contributed by atoms with Gasteiger partial charge in [0.25, 0.3) is 5.91 Å². The zero-order valence-electron chi connectivity index (χ0n) is 19.8. The minimum absolute atomic E-state index is 0.103. The SMILES string of the molecule is CCOc1cc(/C=N/NC(=O)C(C)n2nc(C)c([N+](=O)[O-])c2C)ccc1OCc1ccccc1Cl. The van der Waals surface area contributed by atoms with Crippen molar-refractivity contribution in [2.75, 3.05) is 6.61 Å². The zero-order valence-corrected chi connectivity index (χ0v) is 20.6. The Hall–Kier alpha value is -3.92. The van der Waals surface area contributed by atoms with Gasteiger partial charge >= 0.3 is 5.69 Å². The van der Waals surface area contributed by atoms with E-state index in [0.717, 1.165) is 5.56 Å². The molecule has 11 heteroatoms. The van der Waals surface area contributed by atoms with E-state index >= 15 is 0 Å². The van der Waals surface area contributed by atoms with Crippen LogP contribution >= 0.6 is 11.6 Å². The number of hydrazone groups is 1. The fraction of sp³-hybridized carbons (Fsp3) is 0.292. The summed E-state index contributed by atoms with van der Waals surface area (Å²) in [5.41, 5.74) is 4.42. The summed E-state index contributed by atoms with van der Waals surface area (Å²) in [6, 6.07) is 11.9. The van der Waals surface area contributed by atoms with Gasteiger partial charge in [0.1, 0.15) is 24.0 Å². The van der Waals surface area contributed by atoms with Crippen LogP contribution in [0.4, 0.5) is 5.69 Å². The number of nitrogens with one attached hydrogen (secondary N) is 1. The molecule has 0 aliphatic rings. The molecule has 0 aliphatic carbocycles. The highest BCUT2D eigenvalue weighted by Gasteiger charge is 2.26. The minimum atomic E-state index is -0.792. The van der Waals surface area contributed by atoms with Gasteiger partial charge in [-0.15, -0.1) is 0 Å². The number of rotatable bonds is 10. The smallest absolute Gasteiger partial charge is 0.312 e. The molecule has 3 rings (SSSR count). The van der Waals surface area contributed by atoms with Crippen molar-refractivity contribution in [2.24, 2.45) is 5.10 Å². The second-order valence-corrected chi connectivity index (χ2v) is 8.06. The van der Waals surface area contributed by atoms with Crippen molar-refractivity contribution in [3.8, 4) is 11.5 Å². The Labute approximate surface area is 207 Å². The summed E-state index contributed by atoms with van der Waals surface area (Å²) >= 11 is 6.19. The van der Waals surface area contributed by atoms with Gasteiger partial charge in [-0.2, -0.15) is 10.2 Å². The Morgan fingerprint density at radius 3 is 2.66 bits per heavy atom. The van der Waals surface area contributed by atoms with E-state index in [0.29, 0.717) is 34.4 Å². The molecule has 1 amide bonds. The molecule has 0 radical (unpaired) electrons. The maximum atomic E-state index is 12.5. The first-order valence-corrected chi connectivity index (χ1v) is 11.3. The molecule has 0 saturated heterocycles. The van der Waals surface area contributed by atoms with Crippen LogP contribution in [0, 0.1) is 24.0 Å². The molecule has 0 fully saturated rings. The van der Waals surface area contributed by atoms with Crippen molar-refractivity contribution < 1.29 is 19.2 Å². The van der Waals surface area contributed by atoms with Gasteiger partial charge in [0, 0.05) is 10.6 Å². The topological polar surface area (TPSA) is 121 Å². The van der Waals surface area contributed by atoms with E-state index < -0.39 is 16.9 Å². The second kappa shape index (κ2) is 11.5. The van der Waals surface area contributed by atoms with Crippen LogP contribution in [0.3, 0.4) is 0 Å². The van der Waals surface area contributed by atoms with Crippen LogP contribution in [0.25, 0.3) is 0 Å². The number of carbonyl (C=O) groups is 1. The molecule has 184 valence electrons. The highest BCUT2D eigenvalue weighted by atomic mass is 35.5. The fourth-order valence-corrected chi connectivity index (χ4v) is 3.62. The number of aryl methyl sites for hydroxylation is 1. The lowest BCUT2D eigenvalue weighted by molar-refractivity contribution is -0.386. The fourth-order valence-electron chi connectivity index (χ4n) is 3.43. The number of halogens is 1. The predicted octanol–water partition coefficient (Wildman–Crippen LogP) is 4.75. The minimum Gasteiger partial charge on any atom is -0.490 e. The van der Waals surface area contributed by atoms with Crippen molar-refractivity contribution in [1.82, 2.24) is 15.2 Å². The van der Waals surface area contributed by atoms with Crippen LogP contribution in [-0.4, -0.2) is 33.4 Å². The first-order valence-electron chi connectivity index (χ1n) is 10.9. The van der Waals surface area contributed by atoms with Gasteiger partial charge in [-0.1, -0.05) is 29.8 Å². The summed E-state index contributed by atoms with van der Waals surface area (Å²) in [6.45, 7) is 7.26. The van der Waals surface area contributed by atoms with Gasteiger partial charge in [-0.3, -0.25) is 19.6 Å². The van der Waals surface area contributed by atoms with Crippen molar-refractivity contribution in [3.05, 3.63) is 80.1 Å². The number of benzene rings is 2. The number of ether oxygens (including phenoxy) is 2. The molecule has 35 heavy (non-hydrogen) atoms.